The lowest BCUT2D eigenvalue weighted by molar-refractivity contribution is -0.140. The molecular formula is C27H41ClO4. The molecule has 0 spiro atoms. The summed E-state index contributed by atoms with van der Waals surface area (Å²) in [5, 5.41) is 21.3. The maximum atomic E-state index is 11.2. The van der Waals surface area contributed by atoms with Gasteiger partial charge in [-0.15, -0.1) is 11.6 Å². The monoisotopic (exact) mass is 464 g/mol. The average molecular weight is 465 g/mol. The fourth-order valence-electron chi connectivity index (χ4n) is 4.75. The molecular weight excluding hydrogens is 424 g/mol. The molecule has 0 aliphatic heterocycles. The zero-order chi connectivity index (χ0) is 23.7. The molecule has 0 amide bonds. The quantitative estimate of drug-likeness (QED) is 0.175. The number of allylic oxidation sites excluding steroid dienone is 2. The maximum Gasteiger partial charge on any atom is 0.305 e. The Labute approximate surface area is 199 Å². The molecule has 1 fully saturated rings. The fraction of sp³-hybridized carbons (Fsp3) is 0.667. The summed E-state index contributed by atoms with van der Waals surface area (Å²) in [6.07, 6.45) is 9.71. The molecule has 1 unspecified atom stereocenters. The molecule has 5 atom stereocenters. The van der Waals surface area contributed by atoms with Crippen molar-refractivity contribution in [3.63, 3.8) is 0 Å². The van der Waals surface area contributed by atoms with Crippen molar-refractivity contribution in [2.24, 2.45) is 5.92 Å². The van der Waals surface area contributed by atoms with Crippen LogP contribution in [0.4, 0.5) is 0 Å². The topological polar surface area (TPSA) is 66.8 Å². The van der Waals surface area contributed by atoms with Crippen molar-refractivity contribution in [1.82, 2.24) is 0 Å². The molecule has 0 radical (unpaired) electrons. The first kappa shape index (κ1) is 26.9. The van der Waals surface area contributed by atoms with E-state index in [1.165, 1.54) is 7.11 Å². The van der Waals surface area contributed by atoms with Crippen LogP contribution in [0.1, 0.15) is 89.2 Å². The van der Waals surface area contributed by atoms with E-state index in [-0.39, 0.29) is 34.7 Å². The molecule has 180 valence electrons. The van der Waals surface area contributed by atoms with Crippen molar-refractivity contribution in [2.45, 2.75) is 101 Å². The fourth-order valence-corrected chi connectivity index (χ4v) is 5.19. The summed E-state index contributed by atoms with van der Waals surface area (Å²) in [6.45, 7) is 6.32. The van der Waals surface area contributed by atoms with Gasteiger partial charge in [0.2, 0.25) is 0 Å². The molecule has 1 saturated carbocycles. The summed E-state index contributed by atoms with van der Waals surface area (Å²) < 4.78 is 4.66. The van der Waals surface area contributed by atoms with Crippen LogP contribution in [0.15, 0.2) is 36.4 Å². The number of esters is 1. The Morgan fingerprint density at radius 3 is 2.56 bits per heavy atom. The molecule has 2 N–H and O–H groups in total. The molecule has 1 aliphatic carbocycles. The maximum absolute atomic E-state index is 11.2. The summed E-state index contributed by atoms with van der Waals surface area (Å²) in [5.74, 6) is -0.0142. The number of hydrogen-bond acceptors (Lipinski definition) is 4. The van der Waals surface area contributed by atoms with Crippen LogP contribution in [0, 0.1) is 5.92 Å². The van der Waals surface area contributed by atoms with Gasteiger partial charge in [0.1, 0.15) is 0 Å². The highest BCUT2D eigenvalue weighted by molar-refractivity contribution is 6.21. The molecule has 0 aromatic heterocycles. The van der Waals surface area contributed by atoms with Crippen LogP contribution in [0.3, 0.4) is 0 Å². The summed E-state index contributed by atoms with van der Waals surface area (Å²) >= 11 is 6.62. The Bertz CT molecular complexity index is 728. The third-order valence-electron chi connectivity index (χ3n) is 7.07. The highest BCUT2D eigenvalue weighted by atomic mass is 35.5. The van der Waals surface area contributed by atoms with Crippen LogP contribution in [-0.2, 0) is 14.9 Å². The Balaban J connectivity index is 2.03. The van der Waals surface area contributed by atoms with Crippen LogP contribution < -0.4 is 0 Å². The second-order valence-electron chi connectivity index (χ2n) is 9.69. The molecule has 0 saturated heterocycles. The number of alkyl halides is 1. The van der Waals surface area contributed by atoms with E-state index in [1.807, 2.05) is 0 Å². The molecule has 4 nitrogen and oxygen atoms in total. The number of halogens is 1. The van der Waals surface area contributed by atoms with Gasteiger partial charge in [-0.05, 0) is 49.1 Å². The highest BCUT2D eigenvalue weighted by Gasteiger charge is 2.41. The van der Waals surface area contributed by atoms with Gasteiger partial charge in [0.25, 0.3) is 0 Å². The molecule has 0 heterocycles. The standard InChI is InChI=1S/C27H41ClO4/c1-5-6-12-24(30)27(2,3)20-16-14-19(15-17-20)26-21(22(28)18-23(26)29)11-9-7-8-10-13-25(31)32-4/h7,9,14-17,21-24,26,29-30H,5-6,8,10-13,18H2,1-4H3/b9-7-/t21-,22+,23+,24?,26+/m0/s1. The predicted molar refractivity (Wildman–Crippen MR) is 131 cm³/mol. The number of ether oxygens (including phenoxy) is 1. The number of aliphatic hydroxyl groups is 2. The van der Waals surface area contributed by atoms with E-state index in [1.54, 1.807) is 0 Å². The van der Waals surface area contributed by atoms with Crippen LogP contribution in [0.5, 0.6) is 0 Å². The van der Waals surface area contributed by atoms with Gasteiger partial charge in [0.05, 0.1) is 19.3 Å². The lowest BCUT2D eigenvalue weighted by Gasteiger charge is -2.32. The second-order valence-corrected chi connectivity index (χ2v) is 10.2. The Morgan fingerprint density at radius 2 is 1.94 bits per heavy atom. The Hall–Kier alpha value is -1.36. The van der Waals surface area contributed by atoms with Crippen LogP contribution >= 0.6 is 11.6 Å². The van der Waals surface area contributed by atoms with E-state index in [4.69, 9.17) is 11.6 Å². The van der Waals surface area contributed by atoms with Gasteiger partial charge in [-0.3, -0.25) is 4.79 Å². The SMILES string of the molecule is CCCCC(O)C(C)(C)c1ccc([C@@H]2[C@@H](C/C=C\CCCC(=O)OC)[C@H](Cl)C[C@H]2O)cc1. The molecule has 32 heavy (non-hydrogen) atoms. The van der Waals surface area contributed by atoms with Crippen molar-refractivity contribution in [2.75, 3.05) is 7.11 Å². The first-order chi connectivity index (χ1) is 15.2. The predicted octanol–water partition coefficient (Wildman–Crippen LogP) is 5.88. The number of carbonyl (C=O) groups is 1. The zero-order valence-corrected chi connectivity index (χ0v) is 20.9. The third kappa shape index (κ3) is 7.07. The number of rotatable bonds is 12. The number of hydrogen-bond donors (Lipinski definition) is 2. The van der Waals surface area contributed by atoms with Crippen molar-refractivity contribution < 1.29 is 19.7 Å². The minimum atomic E-state index is -0.454. The summed E-state index contributed by atoms with van der Waals surface area (Å²) in [6, 6.07) is 8.38. The summed E-state index contributed by atoms with van der Waals surface area (Å²) in [5.41, 5.74) is 1.90. The van der Waals surface area contributed by atoms with Gasteiger partial charge in [0, 0.05) is 23.1 Å². The largest absolute Gasteiger partial charge is 0.469 e. The number of aliphatic hydroxyl groups excluding tert-OH is 2. The van der Waals surface area contributed by atoms with Crippen LogP contribution in [0.2, 0.25) is 0 Å². The van der Waals surface area contributed by atoms with Gasteiger partial charge in [-0.25, -0.2) is 0 Å². The number of benzene rings is 1. The molecule has 1 aliphatic rings. The first-order valence-corrected chi connectivity index (χ1v) is 12.5. The van der Waals surface area contributed by atoms with Crippen LogP contribution in [0.25, 0.3) is 0 Å². The van der Waals surface area contributed by atoms with E-state index >= 15 is 0 Å². The molecule has 1 aromatic carbocycles. The summed E-state index contributed by atoms with van der Waals surface area (Å²) in [7, 11) is 1.41. The molecule has 2 rings (SSSR count). The van der Waals surface area contributed by atoms with Gasteiger partial charge in [0.15, 0.2) is 0 Å². The lowest BCUT2D eigenvalue weighted by Crippen LogP contribution is -2.33. The van der Waals surface area contributed by atoms with Crippen molar-refractivity contribution in [3.05, 3.63) is 47.5 Å². The normalized spacial score (nSPS) is 24.7. The number of unbranched alkanes of at least 4 members (excludes halogenated alkanes) is 2. The van der Waals surface area contributed by atoms with Gasteiger partial charge >= 0.3 is 5.97 Å². The van der Waals surface area contributed by atoms with E-state index in [2.05, 4.69) is 61.9 Å². The minimum absolute atomic E-state index is 0.000559. The smallest absolute Gasteiger partial charge is 0.305 e. The van der Waals surface area contributed by atoms with Gasteiger partial charge in [-0.2, -0.15) is 0 Å². The van der Waals surface area contributed by atoms with E-state index in [9.17, 15) is 15.0 Å². The number of methoxy groups -OCH3 is 1. The van der Waals surface area contributed by atoms with E-state index < -0.39 is 6.10 Å². The van der Waals surface area contributed by atoms with Crippen LogP contribution in [-0.4, -0.2) is 40.9 Å². The van der Waals surface area contributed by atoms with Crippen molar-refractivity contribution in [1.29, 1.82) is 0 Å². The second kappa shape index (κ2) is 12.8. The van der Waals surface area contributed by atoms with Gasteiger partial charge < -0.3 is 14.9 Å². The molecule has 0 bridgehead atoms. The minimum Gasteiger partial charge on any atom is -0.469 e. The zero-order valence-electron chi connectivity index (χ0n) is 20.1. The third-order valence-corrected chi connectivity index (χ3v) is 7.57. The Morgan fingerprint density at radius 1 is 1.25 bits per heavy atom. The van der Waals surface area contributed by atoms with E-state index in [0.29, 0.717) is 12.8 Å². The van der Waals surface area contributed by atoms with Crippen molar-refractivity contribution >= 4 is 17.6 Å². The average Bonchev–Trinajstić information content (AvgIpc) is 3.06. The molecule has 1 aromatic rings. The summed E-state index contributed by atoms with van der Waals surface area (Å²) in [4.78, 5) is 11.2. The highest BCUT2D eigenvalue weighted by Crippen LogP contribution is 2.45. The van der Waals surface area contributed by atoms with Crippen molar-refractivity contribution in [3.8, 4) is 0 Å². The van der Waals surface area contributed by atoms with E-state index in [0.717, 1.165) is 49.7 Å². The first-order valence-electron chi connectivity index (χ1n) is 12.0. The number of carbonyl (C=O) groups excluding carboxylic acids is 1. The van der Waals surface area contributed by atoms with Gasteiger partial charge in [-0.1, -0.05) is 70.0 Å². The Kier molecular flexibility index (Phi) is 10.7. The lowest BCUT2D eigenvalue weighted by atomic mass is 9.76. The molecule has 5 heteroatoms.